The predicted molar refractivity (Wildman–Crippen MR) is 114 cm³/mol. The summed E-state index contributed by atoms with van der Waals surface area (Å²) in [7, 11) is 0. The third kappa shape index (κ3) is 5.34. The number of benzene rings is 2. The Labute approximate surface area is 184 Å². The Hall–Kier alpha value is -3.19. The van der Waals surface area contributed by atoms with E-state index in [4.69, 9.17) is 4.74 Å². The van der Waals surface area contributed by atoms with E-state index in [-0.39, 0.29) is 17.9 Å². The Morgan fingerprint density at radius 1 is 1.00 bits per heavy atom. The van der Waals surface area contributed by atoms with Gasteiger partial charge in [0, 0.05) is 18.7 Å². The van der Waals surface area contributed by atoms with Gasteiger partial charge in [0.2, 0.25) is 5.91 Å². The molecule has 1 unspecified atom stereocenters. The summed E-state index contributed by atoms with van der Waals surface area (Å²) in [5, 5.41) is 0. The van der Waals surface area contributed by atoms with Crippen LogP contribution in [0.25, 0.3) is 0 Å². The van der Waals surface area contributed by atoms with Crippen molar-refractivity contribution < 1.29 is 22.7 Å². The number of alkyl halides is 3. The van der Waals surface area contributed by atoms with E-state index in [0.29, 0.717) is 37.5 Å². The Balaban J connectivity index is 1.47. The Morgan fingerprint density at radius 3 is 2.53 bits per heavy atom. The fraction of sp³-hybridized carbons (Fsp3) is 0.280. The van der Waals surface area contributed by atoms with E-state index in [9.17, 15) is 18.0 Å². The highest BCUT2D eigenvalue weighted by Crippen LogP contribution is 2.33. The molecule has 4 nitrogen and oxygen atoms in total. The van der Waals surface area contributed by atoms with Gasteiger partial charge in [-0.05, 0) is 29.3 Å². The molecule has 166 valence electrons. The lowest BCUT2D eigenvalue weighted by Crippen LogP contribution is -2.43. The monoisotopic (exact) mass is 440 g/mol. The van der Waals surface area contributed by atoms with Crippen molar-refractivity contribution in [2.75, 3.05) is 19.7 Å². The van der Waals surface area contributed by atoms with Gasteiger partial charge in [-0.15, -0.1) is 0 Å². The first-order valence-corrected chi connectivity index (χ1v) is 10.4. The molecule has 3 aromatic rings. The molecule has 1 atom stereocenters. The van der Waals surface area contributed by atoms with Crippen LogP contribution in [-0.4, -0.2) is 35.5 Å². The zero-order valence-corrected chi connectivity index (χ0v) is 17.4. The number of aromatic nitrogens is 1. The molecule has 0 saturated carbocycles. The van der Waals surface area contributed by atoms with Crippen LogP contribution in [0.3, 0.4) is 0 Å². The summed E-state index contributed by atoms with van der Waals surface area (Å²) in [5.74, 6) is 0.0137. The second-order valence-electron chi connectivity index (χ2n) is 7.75. The van der Waals surface area contributed by atoms with Crippen molar-refractivity contribution in [2.24, 2.45) is 0 Å². The molecule has 7 heteroatoms. The van der Waals surface area contributed by atoms with Crippen LogP contribution in [0.15, 0.2) is 72.8 Å². The zero-order chi connectivity index (χ0) is 22.6. The van der Waals surface area contributed by atoms with Gasteiger partial charge in [0.05, 0.1) is 30.8 Å². The van der Waals surface area contributed by atoms with Crippen LogP contribution < -0.4 is 0 Å². The predicted octanol–water partition coefficient (Wildman–Crippen LogP) is 4.83. The summed E-state index contributed by atoms with van der Waals surface area (Å²) in [5.41, 5.74) is 1.61. The van der Waals surface area contributed by atoms with Crippen molar-refractivity contribution in [1.29, 1.82) is 0 Å². The SMILES string of the molecule is O=C(Cc1ccccc1)N1CCOC(c2cccc(Cc3ccccc3C(F)(F)F)n2)C1. The fourth-order valence-electron chi connectivity index (χ4n) is 3.86. The first kappa shape index (κ1) is 22.0. The molecule has 4 rings (SSSR count). The molecule has 0 aliphatic carbocycles. The molecule has 1 amide bonds. The summed E-state index contributed by atoms with van der Waals surface area (Å²) in [6.45, 7) is 1.25. The second kappa shape index (κ2) is 9.53. The fourth-order valence-corrected chi connectivity index (χ4v) is 3.86. The number of ether oxygens (including phenoxy) is 1. The van der Waals surface area contributed by atoms with Crippen LogP contribution in [0.5, 0.6) is 0 Å². The Kier molecular flexibility index (Phi) is 6.55. The number of pyridine rings is 1. The number of hydrogen-bond donors (Lipinski definition) is 0. The van der Waals surface area contributed by atoms with Crippen LogP contribution in [0, 0.1) is 0 Å². The average Bonchev–Trinajstić information content (AvgIpc) is 2.80. The van der Waals surface area contributed by atoms with E-state index in [1.165, 1.54) is 12.1 Å². The largest absolute Gasteiger partial charge is 0.416 e. The molecule has 1 aliphatic rings. The highest BCUT2D eigenvalue weighted by molar-refractivity contribution is 5.78. The first-order valence-electron chi connectivity index (χ1n) is 10.4. The number of amides is 1. The number of halogens is 3. The van der Waals surface area contributed by atoms with Gasteiger partial charge in [0.1, 0.15) is 6.10 Å². The summed E-state index contributed by atoms with van der Waals surface area (Å²) in [6.07, 6.45) is -4.45. The average molecular weight is 440 g/mol. The third-order valence-electron chi connectivity index (χ3n) is 5.47. The second-order valence-corrected chi connectivity index (χ2v) is 7.75. The van der Waals surface area contributed by atoms with Crippen molar-refractivity contribution in [3.05, 3.63) is 101 Å². The standard InChI is InChI=1S/C25H23F3N2O2/c26-25(27,28)21-11-5-4-9-19(21)16-20-10-6-12-22(29-20)23-17-30(13-14-32-23)24(31)15-18-7-2-1-3-8-18/h1-12,23H,13-17H2. The minimum absolute atomic E-state index is 0.0137. The van der Waals surface area contributed by atoms with Gasteiger partial charge in [-0.2, -0.15) is 13.2 Å². The van der Waals surface area contributed by atoms with E-state index >= 15 is 0 Å². The van der Waals surface area contributed by atoms with E-state index in [1.807, 2.05) is 30.3 Å². The molecule has 0 spiro atoms. The molecule has 1 aromatic heterocycles. The number of nitrogens with zero attached hydrogens (tertiary/aromatic N) is 2. The highest BCUT2D eigenvalue weighted by atomic mass is 19.4. The summed E-state index contributed by atoms with van der Waals surface area (Å²) in [6, 6.07) is 20.3. The van der Waals surface area contributed by atoms with Gasteiger partial charge in [-0.1, -0.05) is 54.6 Å². The van der Waals surface area contributed by atoms with Gasteiger partial charge in [-0.3, -0.25) is 9.78 Å². The maximum Gasteiger partial charge on any atom is 0.416 e. The van der Waals surface area contributed by atoms with Crippen molar-refractivity contribution >= 4 is 5.91 Å². The smallest absolute Gasteiger partial charge is 0.368 e. The minimum atomic E-state index is -4.42. The summed E-state index contributed by atoms with van der Waals surface area (Å²) in [4.78, 5) is 19.0. The Bertz CT molecular complexity index is 1070. The van der Waals surface area contributed by atoms with Crippen molar-refractivity contribution in [3.8, 4) is 0 Å². The molecule has 0 radical (unpaired) electrons. The van der Waals surface area contributed by atoms with Crippen LogP contribution in [0.2, 0.25) is 0 Å². The van der Waals surface area contributed by atoms with Crippen LogP contribution >= 0.6 is 0 Å². The first-order chi connectivity index (χ1) is 15.4. The van der Waals surface area contributed by atoms with Gasteiger partial charge in [0.25, 0.3) is 0 Å². The molecule has 32 heavy (non-hydrogen) atoms. The number of morpholine rings is 1. The van der Waals surface area contributed by atoms with Crippen molar-refractivity contribution in [3.63, 3.8) is 0 Å². The number of carbonyl (C=O) groups is 1. The van der Waals surface area contributed by atoms with Crippen molar-refractivity contribution in [1.82, 2.24) is 9.88 Å². The summed E-state index contributed by atoms with van der Waals surface area (Å²) >= 11 is 0. The molecule has 1 fully saturated rings. The highest BCUT2D eigenvalue weighted by Gasteiger charge is 2.33. The van der Waals surface area contributed by atoms with Gasteiger partial charge in [0.15, 0.2) is 0 Å². The van der Waals surface area contributed by atoms with E-state index in [1.54, 1.807) is 29.2 Å². The van der Waals surface area contributed by atoms with E-state index in [2.05, 4.69) is 4.98 Å². The molecule has 0 N–H and O–H groups in total. The van der Waals surface area contributed by atoms with E-state index < -0.39 is 17.8 Å². The maximum absolute atomic E-state index is 13.3. The quantitative estimate of drug-likeness (QED) is 0.571. The molecule has 2 heterocycles. The normalized spacial score (nSPS) is 16.7. The lowest BCUT2D eigenvalue weighted by atomic mass is 10.0. The summed E-state index contributed by atoms with van der Waals surface area (Å²) < 4.78 is 45.8. The van der Waals surface area contributed by atoms with Crippen LogP contribution in [-0.2, 0) is 28.5 Å². The Morgan fingerprint density at radius 2 is 1.75 bits per heavy atom. The minimum Gasteiger partial charge on any atom is -0.368 e. The molecular formula is C25H23F3N2O2. The number of rotatable bonds is 5. The molecule has 2 aromatic carbocycles. The zero-order valence-electron chi connectivity index (χ0n) is 17.4. The van der Waals surface area contributed by atoms with Crippen molar-refractivity contribution in [2.45, 2.75) is 25.1 Å². The topological polar surface area (TPSA) is 42.4 Å². The van der Waals surface area contributed by atoms with Gasteiger partial charge >= 0.3 is 6.18 Å². The van der Waals surface area contributed by atoms with Gasteiger partial charge < -0.3 is 9.64 Å². The number of hydrogen-bond acceptors (Lipinski definition) is 3. The van der Waals surface area contributed by atoms with Crippen LogP contribution in [0.1, 0.15) is 34.2 Å². The maximum atomic E-state index is 13.3. The lowest BCUT2D eigenvalue weighted by molar-refractivity contribution is -0.139. The van der Waals surface area contributed by atoms with E-state index in [0.717, 1.165) is 11.6 Å². The van der Waals surface area contributed by atoms with Gasteiger partial charge in [-0.25, -0.2) is 0 Å². The third-order valence-corrected chi connectivity index (χ3v) is 5.47. The lowest BCUT2D eigenvalue weighted by Gasteiger charge is -2.33. The molecular weight excluding hydrogens is 417 g/mol. The molecule has 1 saturated heterocycles. The molecule has 0 bridgehead atoms. The number of carbonyl (C=O) groups excluding carboxylic acids is 1. The van der Waals surface area contributed by atoms with Crippen LogP contribution in [0.4, 0.5) is 13.2 Å². The molecule has 1 aliphatic heterocycles.